The number of rotatable bonds is 5. The Kier molecular flexibility index (Phi) is 3.97. The highest BCUT2D eigenvalue weighted by atomic mass is 16.3. The van der Waals surface area contributed by atoms with Crippen molar-refractivity contribution in [3.8, 4) is 0 Å². The Hall–Kier alpha value is -0.860. The minimum atomic E-state index is 0.286. The van der Waals surface area contributed by atoms with Crippen LogP contribution in [0.5, 0.6) is 0 Å². The zero-order valence-electron chi connectivity index (χ0n) is 10.1. The number of hydrogen-bond donors (Lipinski definition) is 1. The number of benzene rings is 1. The molecule has 0 amide bonds. The van der Waals surface area contributed by atoms with E-state index in [4.69, 9.17) is 5.11 Å². The highest BCUT2D eigenvalue weighted by molar-refractivity contribution is 5.35. The molecule has 1 aromatic rings. The van der Waals surface area contributed by atoms with Crippen LogP contribution in [-0.4, -0.2) is 30.2 Å². The Labute approximate surface area is 97.9 Å². The van der Waals surface area contributed by atoms with Gasteiger partial charge in [-0.1, -0.05) is 18.2 Å². The number of nitrogens with zero attached hydrogens (tertiary/aromatic N) is 1. The summed E-state index contributed by atoms with van der Waals surface area (Å²) in [5, 5.41) is 8.78. The molecule has 0 bridgehead atoms. The maximum Gasteiger partial charge on any atom is 0.0443 e. The summed E-state index contributed by atoms with van der Waals surface area (Å²) in [6.45, 7) is 2.25. The van der Waals surface area contributed by atoms with Crippen LogP contribution in [-0.2, 0) is 19.4 Å². The lowest BCUT2D eigenvalue weighted by Crippen LogP contribution is -2.19. The summed E-state index contributed by atoms with van der Waals surface area (Å²) >= 11 is 0. The molecule has 16 heavy (non-hydrogen) atoms. The molecule has 0 spiro atoms. The third kappa shape index (κ3) is 2.83. The number of aryl methyl sites for hydroxylation is 2. The van der Waals surface area contributed by atoms with Crippen LogP contribution in [0, 0.1) is 0 Å². The van der Waals surface area contributed by atoms with Crippen molar-refractivity contribution in [1.82, 2.24) is 4.90 Å². The first kappa shape index (κ1) is 11.6. The normalized spacial score (nSPS) is 14.4. The molecule has 0 saturated carbocycles. The van der Waals surface area contributed by atoms with Crippen molar-refractivity contribution in [1.29, 1.82) is 0 Å². The van der Waals surface area contributed by atoms with Crippen LogP contribution >= 0.6 is 0 Å². The molecule has 88 valence electrons. The van der Waals surface area contributed by atoms with E-state index in [0.29, 0.717) is 0 Å². The van der Waals surface area contributed by atoms with Crippen molar-refractivity contribution in [3.63, 3.8) is 0 Å². The van der Waals surface area contributed by atoms with E-state index in [2.05, 4.69) is 30.1 Å². The maximum atomic E-state index is 8.78. The summed E-state index contributed by atoms with van der Waals surface area (Å²) in [7, 11) is 2.11. The van der Waals surface area contributed by atoms with Gasteiger partial charge >= 0.3 is 0 Å². The van der Waals surface area contributed by atoms with E-state index in [9.17, 15) is 0 Å². The SMILES string of the molecule is CN(CCCO)Cc1ccc2c(c1)CCC2. The molecule has 0 aromatic heterocycles. The van der Waals surface area contributed by atoms with Gasteiger partial charge in [0, 0.05) is 19.7 Å². The van der Waals surface area contributed by atoms with E-state index in [1.807, 2.05) is 0 Å². The zero-order chi connectivity index (χ0) is 11.4. The lowest BCUT2D eigenvalue weighted by molar-refractivity contribution is 0.244. The van der Waals surface area contributed by atoms with E-state index < -0.39 is 0 Å². The van der Waals surface area contributed by atoms with Crippen molar-refractivity contribution in [2.24, 2.45) is 0 Å². The van der Waals surface area contributed by atoms with Gasteiger partial charge in [0.25, 0.3) is 0 Å². The predicted molar refractivity (Wildman–Crippen MR) is 66.5 cm³/mol. The fourth-order valence-corrected chi connectivity index (χ4v) is 2.45. The molecule has 2 rings (SSSR count). The van der Waals surface area contributed by atoms with E-state index in [1.54, 1.807) is 11.1 Å². The molecular formula is C14H21NO. The lowest BCUT2D eigenvalue weighted by atomic mass is 10.1. The number of hydrogen-bond acceptors (Lipinski definition) is 2. The summed E-state index contributed by atoms with van der Waals surface area (Å²) in [6, 6.07) is 6.90. The summed E-state index contributed by atoms with van der Waals surface area (Å²) in [4.78, 5) is 2.27. The fraction of sp³-hybridized carbons (Fsp3) is 0.571. The molecule has 0 radical (unpaired) electrons. The van der Waals surface area contributed by atoms with E-state index in [-0.39, 0.29) is 6.61 Å². The van der Waals surface area contributed by atoms with Gasteiger partial charge in [-0.2, -0.15) is 0 Å². The average molecular weight is 219 g/mol. The van der Waals surface area contributed by atoms with Gasteiger partial charge in [-0.3, -0.25) is 0 Å². The Morgan fingerprint density at radius 3 is 2.88 bits per heavy atom. The predicted octanol–water partition coefficient (Wildman–Crippen LogP) is 1.99. The van der Waals surface area contributed by atoms with Crippen LogP contribution < -0.4 is 0 Å². The van der Waals surface area contributed by atoms with E-state index in [0.717, 1.165) is 19.5 Å². The van der Waals surface area contributed by atoms with E-state index in [1.165, 1.54) is 24.8 Å². The minimum absolute atomic E-state index is 0.286. The highest BCUT2D eigenvalue weighted by Crippen LogP contribution is 2.23. The Morgan fingerprint density at radius 2 is 2.06 bits per heavy atom. The molecule has 1 aliphatic carbocycles. The Balaban J connectivity index is 1.94. The van der Waals surface area contributed by atoms with Crippen LogP contribution in [0.3, 0.4) is 0 Å². The molecule has 0 aliphatic heterocycles. The topological polar surface area (TPSA) is 23.5 Å². The number of aliphatic hydroxyl groups is 1. The molecule has 0 saturated heterocycles. The Morgan fingerprint density at radius 1 is 1.25 bits per heavy atom. The molecule has 2 heteroatoms. The molecule has 2 nitrogen and oxygen atoms in total. The van der Waals surface area contributed by atoms with Crippen LogP contribution in [0.15, 0.2) is 18.2 Å². The first-order valence-corrected chi connectivity index (χ1v) is 6.19. The fourth-order valence-electron chi connectivity index (χ4n) is 2.45. The average Bonchev–Trinajstić information content (AvgIpc) is 2.73. The number of fused-ring (bicyclic) bond motifs is 1. The van der Waals surface area contributed by atoms with Crippen molar-refractivity contribution in [2.45, 2.75) is 32.2 Å². The molecular weight excluding hydrogens is 198 g/mol. The third-order valence-electron chi connectivity index (χ3n) is 3.31. The summed E-state index contributed by atoms with van der Waals surface area (Å²) in [6.07, 6.45) is 4.69. The van der Waals surface area contributed by atoms with Gasteiger partial charge < -0.3 is 10.0 Å². The minimum Gasteiger partial charge on any atom is -0.396 e. The first-order valence-electron chi connectivity index (χ1n) is 6.19. The quantitative estimate of drug-likeness (QED) is 0.818. The van der Waals surface area contributed by atoms with Gasteiger partial charge in [0.15, 0.2) is 0 Å². The van der Waals surface area contributed by atoms with Crippen molar-refractivity contribution >= 4 is 0 Å². The second kappa shape index (κ2) is 5.46. The monoisotopic (exact) mass is 219 g/mol. The van der Waals surface area contributed by atoms with Gasteiger partial charge in [0.05, 0.1) is 0 Å². The molecule has 0 unspecified atom stereocenters. The van der Waals surface area contributed by atoms with Crippen molar-refractivity contribution in [3.05, 3.63) is 34.9 Å². The van der Waals surface area contributed by atoms with Crippen LogP contribution in [0.2, 0.25) is 0 Å². The molecule has 0 heterocycles. The second-order valence-electron chi connectivity index (χ2n) is 4.77. The van der Waals surface area contributed by atoms with Gasteiger partial charge in [-0.05, 0) is 49.4 Å². The molecule has 1 aliphatic rings. The van der Waals surface area contributed by atoms with Crippen LogP contribution in [0.25, 0.3) is 0 Å². The second-order valence-corrected chi connectivity index (χ2v) is 4.77. The maximum absolute atomic E-state index is 8.78. The van der Waals surface area contributed by atoms with Crippen molar-refractivity contribution in [2.75, 3.05) is 20.2 Å². The lowest BCUT2D eigenvalue weighted by Gasteiger charge is -2.16. The number of aliphatic hydroxyl groups excluding tert-OH is 1. The zero-order valence-corrected chi connectivity index (χ0v) is 10.1. The van der Waals surface area contributed by atoms with Gasteiger partial charge in [0.2, 0.25) is 0 Å². The van der Waals surface area contributed by atoms with Gasteiger partial charge in [-0.15, -0.1) is 0 Å². The summed E-state index contributed by atoms with van der Waals surface area (Å²) in [5.41, 5.74) is 4.50. The van der Waals surface area contributed by atoms with Crippen molar-refractivity contribution < 1.29 is 5.11 Å². The molecule has 1 N–H and O–H groups in total. The molecule has 0 fully saturated rings. The summed E-state index contributed by atoms with van der Waals surface area (Å²) in [5.74, 6) is 0. The first-order chi connectivity index (χ1) is 7.79. The molecule has 0 atom stereocenters. The Bertz CT molecular complexity index is 349. The summed E-state index contributed by atoms with van der Waals surface area (Å²) < 4.78 is 0. The highest BCUT2D eigenvalue weighted by Gasteiger charge is 2.11. The van der Waals surface area contributed by atoms with Gasteiger partial charge in [-0.25, -0.2) is 0 Å². The van der Waals surface area contributed by atoms with Crippen LogP contribution in [0.4, 0.5) is 0 Å². The van der Waals surface area contributed by atoms with Gasteiger partial charge in [0.1, 0.15) is 0 Å². The largest absolute Gasteiger partial charge is 0.396 e. The third-order valence-corrected chi connectivity index (χ3v) is 3.31. The van der Waals surface area contributed by atoms with E-state index >= 15 is 0 Å². The van der Waals surface area contributed by atoms with Crippen LogP contribution in [0.1, 0.15) is 29.5 Å². The standard InChI is InChI=1S/C14H21NO/c1-15(8-3-9-16)11-12-6-7-13-4-2-5-14(13)10-12/h6-7,10,16H,2-5,8-9,11H2,1H3. The smallest absolute Gasteiger partial charge is 0.0443 e. The molecule has 1 aromatic carbocycles.